The summed E-state index contributed by atoms with van der Waals surface area (Å²) >= 11 is 0. The lowest BCUT2D eigenvalue weighted by atomic mass is 10.1. The number of carbonyl (C=O) groups excluding carboxylic acids is 2. The van der Waals surface area contributed by atoms with Crippen LogP contribution in [0, 0.1) is 6.92 Å². The molecule has 1 aromatic carbocycles. The van der Waals surface area contributed by atoms with Crippen molar-refractivity contribution in [2.75, 3.05) is 37.6 Å². The number of anilines is 1. The Hall–Kier alpha value is -2.67. The minimum absolute atomic E-state index is 0.0805. The van der Waals surface area contributed by atoms with Crippen molar-refractivity contribution in [2.45, 2.75) is 46.2 Å². The van der Waals surface area contributed by atoms with Gasteiger partial charge in [-0.25, -0.2) is 4.79 Å². The number of aryl methyl sites for hydroxylation is 1. The smallest absolute Gasteiger partial charge is 0.344 e. The van der Waals surface area contributed by atoms with Crippen LogP contribution in [0.3, 0.4) is 0 Å². The van der Waals surface area contributed by atoms with Crippen LogP contribution in [0.4, 0.5) is 10.5 Å². The van der Waals surface area contributed by atoms with E-state index in [0.29, 0.717) is 12.2 Å². The fourth-order valence-electron chi connectivity index (χ4n) is 4.51. The second-order valence-corrected chi connectivity index (χ2v) is 8.59. The second-order valence-electron chi connectivity index (χ2n) is 8.59. The number of carbonyl (C=O) groups is 2. The molecule has 2 aromatic rings. The number of hydrogen-bond donors (Lipinski definition) is 0. The van der Waals surface area contributed by atoms with Crippen LogP contribution in [0.25, 0.3) is 0 Å². The van der Waals surface area contributed by atoms with Crippen molar-refractivity contribution in [1.82, 2.24) is 19.6 Å². The lowest BCUT2D eigenvalue weighted by Crippen LogP contribution is -2.54. The lowest BCUT2D eigenvalue weighted by molar-refractivity contribution is 0.0965. The molecule has 1 aromatic heterocycles. The SMILES string of the molecule is CC(=O)c1ccn(C(=O)N2CCN(Cc3ccc(C)cc3N3CCCC3)C[C@@H]2C)n1. The van der Waals surface area contributed by atoms with Gasteiger partial charge in [-0.1, -0.05) is 12.1 Å². The average Bonchev–Trinajstić information content (AvgIpc) is 3.41. The molecule has 4 rings (SSSR count). The Balaban J connectivity index is 1.42. The van der Waals surface area contributed by atoms with Gasteiger partial charge in [-0.05, 0) is 49.9 Å². The number of piperazine rings is 1. The van der Waals surface area contributed by atoms with Gasteiger partial charge in [-0.2, -0.15) is 9.78 Å². The Bertz CT molecular complexity index is 931. The quantitative estimate of drug-likeness (QED) is 0.726. The summed E-state index contributed by atoms with van der Waals surface area (Å²) in [7, 11) is 0. The highest BCUT2D eigenvalue weighted by molar-refractivity contribution is 5.92. The second kappa shape index (κ2) is 8.60. The van der Waals surface area contributed by atoms with E-state index < -0.39 is 0 Å². The summed E-state index contributed by atoms with van der Waals surface area (Å²) in [6, 6.07) is 8.28. The van der Waals surface area contributed by atoms with Crippen molar-refractivity contribution in [3.8, 4) is 0 Å². The van der Waals surface area contributed by atoms with Crippen molar-refractivity contribution in [3.05, 3.63) is 47.3 Å². The Kier molecular flexibility index (Phi) is 5.90. The molecule has 0 spiro atoms. The van der Waals surface area contributed by atoms with Gasteiger partial charge < -0.3 is 9.80 Å². The first-order valence-electron chi connectivity index (χ1n) is 10.9. The zero-order valence-electron chi connectivity index (χ0n) is 18.2. The van der Waals surface area contributed by atoms with Gasteiger partial charge in [0.05, 0.1) is 0 Å². The molecule has 2 fully saturated rings. The van der Waals surface area contributed by atoms with E-state index in [1.807, 2.05) is 4.90 Å². The summed E-state index contributed by atoms with van der Waals surface area (Å²) in [6.45, 7) is 11.2. The summed E-state index contributed by atoms with van der Waals surface area (Å²) in [5, 5.41) is 4.13. The minimum Gasteiger partial charge on any atom is -0.371 e. The van der Waals surface area contributed by atoms with Crippen LogP contribution in [0.5, 0.6) is 0 Å². The molecule has 3 heterocycles. The number of Topliss-reactive ketones (excluding diaryl/α,β-unsaturated/α-hetero) is 1. The van der Waals surface area contributed by atoms with Gasteiger partial charge in [0.1, 0.15) is 5.69 Å². The van der Waals surface area contributed by atoms with E-state index >= 15 is 0 Å². The zero-order chi connectivity index (χ0) is 21.3. The number of rotatable bonds is 4. The van der Waals surface area contributed by atoms with Gasteiger partial charge in [-0.15, -0.1) is 0 Å². The largest absolute Gasteiger partial charge is 0.371 e. The average molecular weight is 410 g/mol. The molecule has 2 saturated heterocycles. The summed E-state index contributed by atoms with van der Waals surface area (Å²) < 4.78 is 1.29. The van der Waals surface area contributed by atoms with Gasteiger partial charge in [0.2, 0.25) is 0 Å². The Morgan fingerprint density at radius 1 is 1.10 bits per heavy atom. The number of ketones is 1. The van der Waals surface area contributed by atoms with Crippen molar-refractivity contribution in [2.24, 2.45) is 0 Å². The first-order chi connectivity index (χ1) is 14.4. The van der Waals surface area contributed by atoms with Crippen LogP contribution in [-0.4, -0.2) is 70.2 Å². The van der Waals surface area contributed by atoms with Crippen LogP contribution in [-0.2, 0) is 6.54 Å². The first kappa shape index (κ1) is 20.6. The summed E-state index contributed by atoms with van der Waals surface area (Å²) in [5.41, 5.74) is 4.36. The maximum absolute atomic E-state index is 12.9. The van der Waals surface area contributed by atoms with Gasteiger partial charge in [0.25, 0.3) is 0 Å². The van der Waals surface area contributed by atoms with Crippen LogP contribution in [0.1, 0.15) is 48.3 Å². The maximum atomic E-state index is 12.9. The number of benzene rings is 1. The third kappa shape index (κ3) is 4.26. The third-order valence-electron chi connectivity index (χ3n) is 6.18. The zero-order valence-corrected chi connectivity index (χ0v) is 18.2. The van der Waals surface area contributed by atoms with Crippen LogP contribution < -0.4 is 4.90 Å². The molecule has 0 N–H and O–H groups in total. The van der Waals surface area contributed by atoms with Gasteiger partial charge in [-0.3, -0.25) is 9.69 Å². The molecular weight excluding hydrogens is 378 g/mol. The molecule has 0 unspecified atom stereocenters. The lowest BCUT2D eigenvalue weighted by Gasteiger charge is -2.40. The fraction of sp³-hybridized carbons (Fsp3) is 0.522. The monoisotopic (exact) mass is 409 g/mol. The number of amides is 1. The number of aromatic nitrogens is 2. The Morgan fingerprint density at radius 3 is 2.53 bits per heavy atom. The molecule has 0 radical (unpaired) electrons. The van der Waals surface area contributed by atoms with Gasteiger partial charge >= 0.3 is 6.03 Å². The molecule has 2 aliphatic rings. The molecular formula is C23H31N5O2. The molecule has 0 bridgehead atoms. The first-order valence-corrected chi connectivity index (χ1v) is 10.9. The molecule has 0 aliphatic carbocycles. The number of hydrogen-bond acceptors (Lipinski definition) is 5. The molecule has 2 aliphatic heterocycles. The van der Waals surface area contributed by atoms with Crippen molar-refractivity contribution in [3.63, 3.8) is 0 Å². The normalized spacial score (nSPS) is 20.0. The predicted octanol–water partition coefficient (Wildman–Crippen LogP) is 3.17. The van der Waals surface area contributed by atoms with Crippen molar-refractivity contribution >= 4 is 17.5 Å². The van der Waals surface area contributed by atoms with E-state index in [-0.39, 0.29) is 17.9 Å². The maximum Gasteiger partial charge on any atom is 0.344 e. The van der Waals surface area contributed by atoms with E-state index in [0.717, 1.165) is 32.7 Å². The minimum atomic E-state index is -0.164. The van der Waals surface area contributed by atoms with Crippen LogP contribution >= 0.6 is 0 Å². The molecule has 1 amide bonds. The van der Waals surface area contributed by atoms with E-state index in [4.69, 9.17) is 0 Å². The highest BCUT2D eigenvalue weighted by Gasteiger charge is 2.29. The molecule has 160 valence electrons. The molecule has 30 heavy (non-hydrogen) atoms. The molecule has 7 heteroatoms. The fourth-order valence-corrected chi connectivity index (χ4v) is 4.51. The van der Waals surface area contributed by atoms with Gasteiger partial charge in [0.15, 0.2) is 5.78 Å². The summed E-state index contributed by atoms with van der Waals surface area (Å²) in [5.74, 6) is -0.133. The summed E-state index contributed by atoms with van der Waals surface area (Å²) in [4.78, 5) is 31.1. The highest BCUT2D eigenvalue weighted by atomic mass is 16.2. The standard InChI is InChI=1S/C23H31N5O2/c1-17-6-7-20(22(14-17)26-9-4-5-10-26)16-25-12-13-27(18(2)15-25)23(30)28-11-8-21(24-28)19(3)29/h6-8,11,14,18H,4-5,9-10,12-13,15-16H2,1-3H3/t18-/m0/s1. The number of nitrogens with zero attached hydrogens (tertiary/aromatic N) is 5. The molecule has 1 atom stereocenters. The Morgan fingerprint density at radius 2 is 1.87 bits per heavy atom. The molecule has 0 saturated carbocycles. The van der Waals surface area contributed by atoms with E-state index in [2.05, 4.69) is 46.9 Å². The van der Waals surface area contributed by atoms with Crippen LogP contribution in [0.2, 0.25) is 0 Å². The topological polar surface area (TPSA) is 61.7 Å². The third-order valence-corrected chi connectivity index (χ3v) is 6.18. The molecule has 7 nitrogen and oxygen atoms in total. The van der Waals surface area contributed by atoms with E-state index in [1.165, 1.54) is 41.3 Å². The van der Waals surface area contributed by atoms with Crippen LogP contribution in [0.15, 0.2) is 30.5 Å². The summed E-state index contributed by atoms with van der Waals surface area (Å²) in [6.07, 6.45) is 4.11. The highest BCUT2D eigenvalue weighted by Crippen LogP contribution is 2.28. The Labute approximate surface area is 178 Å². The van der Waals surface area contributed by atoms with Gasteiger partial charge in [0, 0.05) is 64.1 Å². The van der Waals surface area contributed by atoms with Crippen molar-refractivity contribution in [1.29, 1.82) is 0 Å². The predicted molar refractivity (Wildman–Crippen MR) is 117 cm³/mol. The van der Waals surface area contributed by atoms with Crippen molar-refractivity contribution < 1.29 is 9.59 Å². The van der Waals surface area contributed by atoms with E-state index in [1.54, 1.807) is 12.3 Å². The van der Waals surface area contributed by atoms with E-state index in [9.17, 15) is 9.59 Å².